The lowest BCUT2D eigenvalue weighted by molar-refractivity contribution is -0.274. The van der Waals surface area contributed by atoms with E-state index in [1.54, 1.807) is 6.07 Å². The van der Waals surface area contributed by atoms with Gasteiger partial charge in [0.1, 0.15) is 5.75 Å². The highest BCUT2D eigenvalue weighted by atomic mass is 19.4. The third-order valence-corrected chi connectivity index (χ3v) is 2.13. The van der Waals surface area contributed by atoms with Crippen LogP contribution >= 0.6 is 0 Å². The Balaban J connectivity index is 2.26. The van der Waals surface area contributed by atoms with Crippen molar-refractivity contribution in [2.75, 3.05) is 0 Å². The molecule has 0 aliphatic heterocycles. The first-order chi connectivity index (χ1) is 8.48. The zero-order chi connectivity index (χ0) is 13.2. The Morgan fingerprint density at radius 3 is 2.72 bits per heavy atom. The highest BCUT2D eigenvalue weighted by molar-refractivity contribution is 5.39. The van der Waals surface area contributed by atoms with E-state index < -0.39 is 6.36 Å². The maximum Gasteiger partial charge on any atom is 0.573 e. The molecular weight excluding hydrogens is 249 g/mol. The molecule has 0 bridgehead atoms. The Morgan fingerprint density at radius 2 is 2.11 bits per heavy atom. The second-order valence-corrected chi connectivity index (χ2v) is 3.50. The van der Waals surface area contributed by atoms with Crippen LogP contribution in [0.25, 0.3) is 5.69 Å². The van der Waals surface area contributed by atoms with E-state index >= 15 is 0 Å². The number of aliphatic hydroxyl groups excluding tert-OH is 1. The number of ether oxygens (including phenoxy) is 1. The van der Waals surface area contributed by atoms with Crippen molar-refractivity contribution >= 4 is 0 Å². The van der Waals surface area contributed by atoms with Crippen LogP contribution in [0.4, 0.5) is 13.2 Å². The fraction of sp³-hybridized carbons (Fsp3) is 0.182. The standard InChI is InChI=1S/C11H9F3N2O2/c12-11(13,14)18-10-3-1-2-9(4-10)16-6-8(7-17)5-15-16/h1-6,17H,7H2. The number of alkyl halides is 3. The average molecular weight is 258 g/mol. The van der Waals surface area contributed by atoms with Crippen LogP contribution in [-0.4, -0.2) is 21.2 Å². The minimum atomic E-state index is -4.72. The van der Waals surface area contributed by atoms with Gasteiger partial charge >= 0.3 is 6.36 Å². The van der Waals surface area contributed by atoms with Crippen molar-refractivity contribution in [3.8, 4) is 11.4 Å². The molecule has 0 aliphatic rings. The number of hydrogen-bond acceptors (Lipinski definition) is 3. The van der Waals surface area contributed by atoms with Gasteiger partial charge in [-0.3, -0.25) is 0 Å². The zero-order valence-electron chi connectivity index (χ0n) is 9.05. The molecule has 0 radical (unpaired) electrons. The Hall–Kier alpha value is -2.02. The van der Waals surface area contributed by atoms with Gasteiger partial charge in [-0.25, -0.2) is 4.68 Å². The fourth-order valence-electron chi connectivity index (χ4n) is 1.41. The number of halogens is 3. The number of aromatic nitrogens is 2. The number of aliphatic hydroxyl groups is 1. The molecule has 0 fully saturated rings. The molecule has 1 heterocycles. The molecule has 18 heavy (non-hydrogen) atoms. The molecule has 0 saturated carbocycles. The first-order valence-corrected chi connectivity index (χ1v) is 4.98. The summed E-state index contributed by atoms with van der Waals surface area (Å²) in [5.74, 6) is -0.318. The molecule has 2 aromatic rings. The van der Waals surface area contributed by atoms with Crippen LogP contribution in [0.1, 0.15) is 5.56 Å². The summed E-state index contributed by atoms with van der Waals surface area (Å²) in [5, 5.41) is 12.8. The predicted octanol–water partition coefficient (Wildman–Crippen LogP) is 2.26. The van der Waals surface area contributed by atoms with Gasteiger partial charge in [0.15, 0.2) is 0 Å². The van der Waals surface area contributed by atoms with Gasteiger partial charge in [0.2, 0.25) is 0 Å². The summed E-state index contributed by atoms with van der Waals surface area (Å²) in [4.78, 5) is 0. The van der Waals surface area contributed by atoms with E-state index in [0.29, 0.717) is 11.3 Å². The van der Waals surface area contributed by atoms with Gasteiger partial charge in [-0.05, 0) is 12.1 Å². The highest BCUT2D eigenvalue weighted by Gasteiger charge is 2.31. The summed E-state index contributed by atoms with van der Waals surface area (Å²) >= 11 is 0. The lowest BCUT2D eigenvalue weighted by Crippen LogP contribution is -2.17. The van der Waals surface area contributed by atoms with Gasteiger partial charge in [-0.2, -0.15) is 5.10 Å². The van der Waals surface area contributed by atoms with Gasteiger partial charge < -0.3 is 9.84 Å². The van der Waals surface area contributed by atoms with E-state index in [1.807, 2.05) is 0 Å². The van der Waals surface area contributed by atoms with Crippen molar-refractivity contribution in [1.82, 2.24) is 9.78 Å². The third kappa shape index (κ3) is 3.01. The first kappa shape index (κ1) is 12.4. The molecule has 0 aliphatic carbocycles. The molecule has 96 valence electrons. The summed E-state index contributed by atoms with van der Waals surface area (Å²) in [5.41, 5.74) is 0.980. The summed E-state index contributed by atoms with van der Waals surface area (Å²) in [7, 11) is 0. The average Bonchev–Trinajstić information content (AvgIpc) is 2.75. The molecular formula is C11H9F3N2O2. The molecule has 0 unspecified atom stereocenters. The van der Waals surface area contributed by atoms with Crippen molar-refractivity contribution in [2.24, 2.45) is 0 Å². The van der Waals surface area contributed by atoms with Gasteiger partial charge in [0, 0.05) is 17.8 Å². The Labute approximate surface area is 100 Å². The van der Waals surface area contributed by atoms with Gasteiger partial charge in [0.05, 0.1) is 18.5 Å². The van der Waals surface area contributed by atoms with Crippen LogP contribution in [0, 0.1) is 0 Å². The number of nitrogens with zero attached hydrogens (tertiary/aromatic N) is 2. The lowest BCUT2D eigenvalue weighted by Gasteiger charge is -2.09. The van der Waals surface area contributed by atoms with Crippen molar-refractivity contribution in [3.05, 3.63) is 42.2 Å². The van der Waals surface area contributed by atoms with E-state index in [0.717, 1.165) is 0 Å². The molecule has 4 nitrogen and oxygen atoms in total. The summed E-state index contributed by atoms with van der Waals surface area (Å²) < 4.78 is 41.3. The molecule has 1 N–H and O–H groups in total. The second-order valence-electron chi connectivity index (χ2n) is 3.50. The molecule has 0 spiro atoms. The monoisotopic (exact) mass is 258 g/mol. The normalized spacial score (nSPS) is 11.6. The number of benzene rings is 1. The topological polar surface area (TPSA) is 47.3 Å². The molecule has 0 saturated heterocycles. The number of hydrogen-bond donors (Lipinski definition) is 1. The Kier molecular flexibility index (Phi) is 3.24. The van der Waals surface area contributed by atoms with Crippen LogP contribution in [0.15, 0.2) is 36.7 Å². The first-order valence-electron chi connectivity index (χ1n) is 4.98. The third-order valence-electron chi connectivity index (χ3n) is 2.13. The van der Waals surface area contributed by atoms with Crippen LogP contribution in [0.3, 0.4) is 0 Å². The number of rotatable bonds is 3. The van der Waals surface area contributed by atoms with Crippen molar-refractivity contribution < 1.29 is 23.0 Å². The molecule has 2 rings (SSSR count). The summed E-state index contributed by atoms with van der Waals surface area (Å²) in [6, 6.07) is 5.42. The van der Waals surface area contributed by atoms with E-state index in [4.69, 9.17) is 5.11 Å². The van der Waals surface area contributed by atoms with Crippen LogP contribution in [-0.2, 0) is 6.61 Å². The molecule has 7 heteroatoms. The molecule has 1 aromatic heterocycles. The maximum absolute atomic E-state index is 12.1. The van der Waals surface area contributed by atoms with E-state index in [2.05, 4.69) is 9.84 Å². The summed E-state index contributed by atoms with van der Waals surface area (Å²) in [6.07, 6.45) is -1.77. The second kappa shape index (κ2) is 4.69. The molecule has 1 aromatic carbocycles. The zero-order valence-corrected chi connectivity index (χ0v) is 9.05. The largest absolute Gasteiger partial charge is 0.573 e. The molecule has 0 atom stereocenters. The van der Waals surface area contributed by atoms with Crippen molar-refractivity contribution in [3.63, 3.8) is 0 Å². The van der Waals surface area contributed by atoms with Gasteiger partial charge in [-0.15, -0.1) is 13.2 Å². The Morgan fingerprint density at radius 1 is 1.33 bits per heavy atom. The minimum absolute atomic E-state index is 0.182. The predicted molar refractivity (Wildman–Crippen MR) is 56.2 cm³/mol. The highest BCUT2D eigenvalue weighted by Crippen LogP contribution is 2.24. The van der Waals surface area contributed by atoms with Gasteiger partial charge in [-0.1, -0.05) is 6.07 Å². The molecule has 0 amide bonds. The van der Waals surface area contributed by atoms with E-state index in [9.17, 15) is 13.2 Å². The van der Waals surface area contributed by atoms with Crippen LogP contribution < -0.4 is 4.74 Å². The van der Waals surface area contributed by atoms with Crippen LogP contribution in [0.5, 0.6) is 5.75 Å². The maximum atomic E-state index is 12.1. The van der Waals surface area contributed by atoms with Crippen molar-refractivity contribution in [2.45, 2.75) is 13.0 Å². The summed E-state index contributed by atoms with van der Waals surface area (Å²) in [6.45, 7) is -0.182. The SMILES string of the molecule is OCc1cnn(-c2cccc(OC(F)(F)F)c2)c1. The quantitative estimate of drug-likeness (QED) is 0.918. The van der Waals surface area contributed by atoms with Gasteiger partial charge in [0.25, 0.3) is 0 Å². The fourth-order valence-corrected chi connectivity index (χ4v) is 1.41. The minimum Gasteiger partial charge on any atom is -0.406 e. The van der Waals surface area contributed by atoms with E-state index in [-0.39, 0.29) is 12.4 Å². The smallest absolute Gasteiger partial charge is 0.406 e. The van der Waals surface area contributed by atoms with Crippen LogP contribution in [0.2, 0.25) is 0 Å². The lowest BCUT2D eigenvalue weighted by atomic mass is 10.3. The Bertz CT molecular complexity index is 537. The van der Waals surface area contributed by atoms with Crippen molar-refractivity contribution in [1.29, 1.82) is 0 Å². The van der Waals surface area contributed by atoms with E-state index in [1.165, 1.54) is 35.3 Å².